The molecule has 0 saturated heterocycles. The van der Waals surface area contributed by atoms with E-state index in [1.165, 1.54) is 6.07 Å². The Hall–Kier alpha value is -1.42. The number of rotatable bonds is 6. The Morgan fingerprint density at radius 1 is 1.39 bits per heavy atom. The van der Waals surface area contributed by atoms with Crippen molar-refractivity contribution in [1.29, 1.82) is 0 Å². The van der Waals surface area contributed by atoms with Crippen LogP contribution in [0, 0.1) is 5.82 Å². The molecule has 18 heavy (non-hydrogen) atoms. The Balaban J connectivity index is 2.96. The quantitative estimate of drug-likeness (QED) is 0.792. The molecule has 1 aromatic carbocycles. The first-order chi connectivity index (χ1) is 8.60. The topological polar surface area (TPSA) is 38.3 Å². The van der Waals surface area contributed by atoms with Crippen molar-refractivity contribution in [3.8, 4) is 0 Å². The van der Waals surface area contributed by atoms with Crippen molar-refractivity contribution in [3.05, 3.63) is 35.6 Å². The molecule has 0 fully saturated rings. The van der Waals surface area contributed by atoms with Crippen LogP contribution in [0.3, 0.4) is 0 Å². The van der Waals surface area contributed by atoms with Gasteiger partial charge in [0.05, 0.1) is 6.61 Å². The van der Waals surface area contributed by atoms with Gasteiger partial charge in [-0.25, -0.2) is 9.18 Å². The van der Waals surface area contributed by atoms with E-state index in [-0.39, 0.29) is 12.6 Å². The van der Waals surface area contributed by atoms with E-state index in [1.807, 2.05) is 13.8 Å². The lowest BCUT2D eigenvalue weighted by Gasteiger charge is -2.21. The molecule has 100 valence electrons. The predicted molar refractivity (Wildman–Crippen MR) is 68.7 cm³/mol. The zero-order valence-corrected chi connectivity index (χ0v) is 11.1. The van der Waals surface area contributed by atoms with Crippen molar-refractivity contribution < 1.29 is 13.9 Å². The third-order valence-electron chi connectivity index (χ3n) is 2.80. The average Bonchev–Trinajstić information content (AvgIpc) is 2.37. The third-order valence-corrected chi connectivity index (χ3v) is 2.80. The fourth-order valence-corrected chi connectivity index (χ4v) is 1.62. The van der Waals surface area contributed by atoms with Crippen molar-refractivity contribution in [2.45, 2.75) is 39.3 Å². The Bertz CT molecular complexity index is 395. The summed E-state index contributed by atoms with van der Waals surface area (Å²) < 4.78 is 18.7. The highest BCUT2D eigenvalue weighted by Crippen LogP contribution is 2.19. The van der Waals surface area contributed by atoms with Crippen LogP contribution in [0.5, 0.6) is 0 Å². The zero-order valence-electron chi connectivity index (χ0n) is 11.1. The van der Waals surface area contributed by atoms with E-state index < -0.39 is 17.8 Å². The molecule has 0 heterocycles. The Kier molecular flexibility index (Phi) is 5.78. The van der Waals surface area contributed by atoms with Crippen LogP contribution in [0.1, 0.15) is 38.8 Å². The van der Waals surface area contributed by atoms with Crippen molar-refractivity contribution >= 4 is 5.97 Å². The minimum atomic E-state index is -0.749. The van der Waals surface area contributed by atoms with Gasteiger partial charge >= 0.3 is 5.97 Å². The normalized spacial score (nSPS) is 14.0. The van der Waals surface area contributed by atoms with E-state index in [4.69, 9.17) is 4.74 Å². The number of carbonyl (C=O) groups excluding carboxylic acids is 1. The summed E-state index contributed by atoms with van der Waals surface area (Å²) in [5, 5.41) is 3.09. The standard InChI is InChI=1S/C14H20FNO2/c1-4-10(3)16-13(14(17)18-5-2)11-8-6-7-9-12(11)15/h6-10,13,16H,4-5H2,1-3H3. The third kappa shape index (κ3) is 3.81. The second kappa shape index (κ2) is 7.11. The summed E-state index contributed by atoms with van der Waals surface area (Å²) in [7, 11) is 0. The molecule has 0 amide bonds. The maximum absolute atomic E-state index is 13.7. The van der Waals surface area contributed by atoms with E-state index in [9.17, 15) is 9.18 Å². The van der Waals surface area contributed by atoms with Gasteiger partial charge in [0, 0.05) is 11.6 Å². The van der Waals surface area contributed by atoms with Crippen LogP contribution in [-0.2, 0) is 9.53 Å². The maximum atomic E-state index is 13.7. The van der Waals surface area contributed by atoms with Crippen LogP contribution in [-0.4, -0.2) is 18.6 Å². The molecule has 0 aliphatic carbocycles. The van der Waals surface area contributed by atoms with Crippen LogP contribution < -0.4 is 5.32 Å². The van der Waals surface area contributed by atoms with Gasteiger partial charge in [-0.2, -0.15) is 0 Å². The number of nitrogens with one attached hydrogen (secondary N) is 1. The summed E-state index contributed by atoms with van der Waals surface area (Å²) >= 11 is 0. The summed E-state index contributed by atoms with van der Waals surface area (Å²) in [6, 6.07) is 5.62. The van der Waals surface area contributed by atoms with Crippen LogP contribution in [0.4, 0.5) is 4.39 Å². The minimum absolute atomic E-state index is 0.110. The van der Waals surface area contributed by atoms with Gasteiger partial charge in [0.25, 0.3) is 0 Å². The molecular formula is C14H20FNO2. The Morgan fingerprint density at radius 2 is 2.06 bits per heavy atom. The molecule has 3 nitrogen and oxygen atoms in total. The van der Waals surface area contributed by atoms with Gasteiger partial charge in [-0.05, 0) is 26.3 Å². The smallest absolute Gasteiger partial charge is 0.327 e. The molecule has 1 aromatic rings. The van der Waals surface area contributed by atoms with Gasteiger partial charge in [0.1, 0.15) is 11.9 Å². The molecule has 0 spiro atoms. The van der Waals surface area contributed by atoms with Crippen molar-refractivity contribution in [2.75, 3.05) is 6.61 Å². The summed E-state index contributed by atoms with van der Waals surface area (Å²) in [6.45, 7) is 5.97. The Morgan fingerprint density at radius 3 is 2.61 bits per heavy atom. The second-order valence-corrected chi connectivity index (χ2v) is 4.18. The molecule has 1 rings (SSSR count). The van der Waals surface area contributed by atoms with Gasteiger partial charge in [0.15, 0.2) is 0 Å². The fraction of sp³-hybridized carbons (Fsp3) is 0.500. The van der Waals surface area contributed by atoms with Crippen LogP contribution in [0.2, 0.25) is 0 Å². The minimum Gasteiger partial charge on any atom is -0.465 e. The largest absolute Gasteiger partial charge is 0.465 e. The molecule has 0 aliphatic rings. The number of ether oxygens (including phenoxy) is 1. The second-order valence-electron chi connectivity index (χ2n) is 4.18. The first kappa shape index (κ1) is 14.6. The van der Waals surface area contributed by atoms with E-state index in [1.54, 1.807) is 25.1 Å². The zero-order chi connectivity index (χ0) is 13.5. The summed E-state index contributed by atoms with van der Waals surface area (Å²) in [6.07, 6.45) is 0.852. The highest BCUT2D eigenvalue weighted by molar-refractivity contribution is 5.77. The fourth-order valence-electron chi connectivity index (χ4n) is 1.62. The monoisotopic (exact) mass is 253 g/mol. The average molecular weight is 253 g/mol. The first-order valence-corrected chi connectivity index (χ1v) is 6.27. The van der Waals surface area contributed by atoms with Crippen molar-refractivity contribution in [1.82, 2.24) is 5.32 Å². The highest BCUT2D eigenvalue weighted by atomic mass is 19.1. The molecule has 2 unspecified atom stereocenters. The van der Waals surface area contributed by atoms with E-state index in [2.05, 4.69) is 5.32 Å². The lowest BCUT2D eigenvalue weighted by Crippen LogP contribution is -2.36. The van der Waals surface area contributed by atoms with Gasteiger partial charge < -0.3 is 4.74 Å². The predicted octanol–water partition coefficient (Wildman–Crippen LogP) is 2.82. The van der Waals surface area contributed by atoms with Crippen LogP contribution in [0.15, 0.2) is 24.3 Å². The van der Waals surface area contributed by atoms with Crippen LogP contribution in [0.25, 0.3) is 0 Å². The number of esters is 1. The van der Waals surface area contributed by atoms with Crippen LogP contribution >= 0.6 is 0 Å². The highest BCUT2D eigenvalue weighted by Gasteiger charge is 2.25. The molecule has 0 bridgehead atoms. The van der Waals surface area contributed by atoms with Gasteiger partial charge in [0.2, 0.25) is 0 Å². The van der Waals surface area contributed by atoms with E-state index in [0.717, 1.165) is 6.42 Å². The number of halogens is 1. The lowest BCUT2D eigenvalue weighted by molar-refractivity contribution is -0.146. The molecule has 0 radical (unpaired) electrons. The van der Waals surface area contributed by atoms with Gasteiger partial charge in [-0.1, -0.05) is 25.1 Å². The van der Waals surface area contributed by atoms with Crippen molar-refractivity contribution in [2.24, 2.45) is 0 Å². The van der Waals surface area contributed by atoms with E-state index in [0.29, 0.717) is 5.56 Å². The molecule has 4 heteroatoms. The molecule has 2 atom stereocenters. The van der Waals surface area contributed by atoms with E-state index >= 15 is 0 Å². The summed E-state index contributed by atoms with van der Waals surface area (Å²) in [5.74, 6) is -0.839. The van der Waals surface area contributed by atoms with Gasteiger partial charge in [-0.15, -0.1) is 0 Å². The lowest BCUT2D eigenvalue weighted by atomic mass is 10.0. The molecule has 1 N–H and O–H groups in total. The first-order valence-electron chi connectivity index (χ1n) is 6.27. The molecule has 0 saturated carbocycles. The number of hydrogen-bond donors (Lipinski definition) is 1. The number of hydrogen-bond acceptors (Lipinski definition) is 3. The number of carbonyl (C=O) groups is 1. The maximum Gasteiger partial charge on any atom is 0.327 e. The molecule has 0 aliphatic heterocycles. The molecular weight excluding hydrogens is 233 g/mol. The van der Waals surface area contributed by atoms with Crippen molar-refractivity contribution in [3.63, 3.8) is 0 Å². The Labute approximate surface area is 107 Å². The molecule has 0 aromatic heterocycles. The number of benzene rings is 1. The summed E-state index contributed by atoms with van der Waals surface area (Å²) in [4.78, 5) is 11.9. The van der Waals surface area contributed by atoms with Gasteiger partial charge in [-0.3, -0.25) is 5.32 Å². The SMILES string of the molecule is CCOC(=O)C(NC(C)CC)c1ccccc1F. The summed E-state index contributed by atoms with van der Waals surface area (Å²) in [5.41, 5.74) is 0.330.